The van der Waals surface area contributed by atoms with Gasteiger partial charge in [-0.3, -0.25) is 9.59 Å². The van der Waals surface area contributed by atoms with E-state index in [1.807, 2.05) is 4.90 Å². The van der Waals surface area contributed by atoms with E-state index >= 15 is 0 Å². The first-order chi connectivity index (χ1) is 11.7. The summed E-state index contributed by atoms with van der Waals surface area (Å²) in [4.78, 5) is 26.7. The lowest BCUT2D eigenvalue weighted by atomic mass is 10.1. The Labute approximate surface area is 142 Å². The van der Waals surface area contributed by atoms with Crippen LogP contribution in [-0.4, -0.2) is 49.5 Å². The molecular formula is C18H25N3O3. The summed E-state index contributed by atoms with van der Waals surface area (Å²) in [5.74, 6) is 0.530. The van der Waals surface area contributed by atoms with Crippen molar-refractivity contribution in [3.05, 3.63) is 23.8 Å². The molecule has 0 aliphatic carbocycles. The maximum atomic E-state index is 12.5. The van der Waals surface area contributed by atoms with Crippen molar-refractivity contribution < 1.29 is 14.3 Å². The molecule has 0 radical (unpaired) electrons. The second-order valence-electron chi connectivity index (χ2n) is 6.46. The highest BCUT2D eigenvalue weighted by molar-refractivity contribution is 5.98. The Morgan fingerprint density at radius 1 is 1.29 bits per heavy atom. The van der Waals surface area contributed by atoms with Gasteiger partial charge in [-0.05, 0) is 50.4 Å². The maximum absolute atomic E-state index is 12.5. The number of nitrogens with one attached hydrogen (secondary N) is 2. The largest absolute Gasteiger partial charge is 0.495 e. The highest BCUT2D eigenvalue weighted by atomic mass is 16.5. The summed E-state index contributed by atoms with van der Waals surface area (Å²) in [6.45, 7) is 2.58. The van der Waals surface area contributed by atoms with Crippen LogP contribution in [0.1, 0.15) is 42.5 Å². The first-order valence-electron chi connectivity index (χ1n) is 8.68. The third-order valence-electron chi connectivity index (χ3n) is 4.71. The third kappa shape index (κ3) is 3.87. The van der Waals surface area contributed by atoms with Crippen LogP contribution in [0.2, 0.25) is 0 Å². The van der Waals surface area contributed by atoms with Gasteiger partial charge in [-0.25, -0.2) is 0 Å². The number of benzene rings is 1. The number of amides is 2. The number of hydrogen-bond acceptors (Lipinski definition) is 4. The molecule has 2 heterocycles. The Kier molecular flexibility index (Phi) is 5.35. The molecule has 2 N–H and O–H groups in total. The minimum atomic E-state index is -0.0570. The van der Waals surface area contributed by atoms with Crippen molar-refractivity contribution in [2.45, 2.75) is 38.1 Å². The molecule has 1 aromatic rings. The number of carbonyl (C=O) groups excluding carboxylic acids is 2. The van der Waals surface area contributed by atoms with Crippen LogP contribution in [0.25, 0.3) is 0 Å². The summed E-state index contributed by atoms with van der Waals surface area (Å²) >= 11 is 0. The predicted molar refractivity (Wildman–Crippen MR) is 92.4 cm³/mol. The van der Waals surface area contributed by atoms with Gasteiger partial charge >= 0.3 is 0 Å². The second-order valence-corrected chi connectivity index (χ2v) is 6.46. The number of anilines is 1. The van der Waals surface area contributed by atoms with Crippen LogP contribution >= 0.6 is 0 Å². The lowest BCUT2D eigenvalue weighted by molar-refractivity contribution is -0.116. The Morgan fingerprint density at radius 2 is 2.08 bits per heavy atom. The zero-order valence-electron chi connectivity index (χ0n) is 14.1. The molecule has 0 saturated carbocycles. The van der Waals surface area contributed by atoms with Gasteiger partial charge in [0.05, 0.1) is 12.8 Å². The fourth-order valence-electron chi connectivity index (χ4n) is 3.40. The second kappa shape index (κ2) is 7.66. The number of hydrogen-bond donors (Lipinski definition) is 2. The van der Waals surface area contributed by atoms with Crippen molar-refractivity contribution in [1.29, 1.82) is 0 Å². The number of ether oxygens (including phenoxy) is 1. The van der Waals surface area contributed by atoms with Gasteiger partial charge in [0.2, 0.25) is 5.91 Å². The third-order valence-corrected chi connectivity index (χ3v) is 4.71. The van der Waals surface area contributed by atoms with E-state index in [4.69, 9.17) is 4.74 Å². The topological polar surface area (TPSA) is 70.7 Å². The van der Waals surface area contributed by atoms with Gasteiger partial charge in [-0.2, -0.15) is 0 Å². The molecular weight excluding hydrogens is 306 g/mol. The average molecular weight is 331 g/mol. The fourth-order valence-corrected chi connectivity index (χ4v) is 3.40. The van der Waals surface area contributed by atoms with E-state index in [9.17, 15) is 9.59 Å². The molecule has 2 aliphatic heterocycles. The van der Waals surface area contributed by atoms with Gasteiger partial charge in [0.15, 0.2) is 0 Å². The molecule has 1 atom stereocenters. The molecule has 24 heavy (non-hydrogen) atoms. The first kappa shape index (κ1) is 16.8. The zero-order valence-corrected chi connectivity index (χ0v) is 14.1. The highest BCUT2D eigenvalue weighted by Gasteiger charge is 2.22. The van der Waals surface area contributed by atoms with Crippen LogP contribution in [0.4, 0.5) is 5.69 Å². The standard InChI is InChI=1S/C18H25N3O3/c1-24-16-7-6-13(18(23)21-9-2-3-10-21)11-15(16)20-17(22)12-14-5-4-8-19-14/h6-7,11,14,19H,2-5,8-10,12H2,1H3,(H,20,22). The van der Waals surface area contributed by atoms with Crippen LogP contribution < -0.4 is 15.4 Å². The molecule has 2 aliphatic rings. The monoisotopic (exact) mass is 331 g/mol. The normalized spacial score (nSPS) is 20.2. The Morgan fingerprint density at radius 3 is 2.75 bits per heavy atom. The lowest BCUT2D eigenvalue weighted by Crippen LogP contribution is -2.28. The van der Waals surface area contributed by atoms with Crippen molar-refractivity contribution >= 4 is 17.5 Å². The summed E-state index contributed by atoms with van der Waals surface area (Å²) in [7, 11) is 1.56. The molecule has 130 valence electrons. The number of likely N-dealkylation sites (tertiary alicyclic amines) is 1. The number of carbonyl (C=O) groups is 2. The fraction of sp³-hybridized carbons (Fsp3) is 0.556. The molecule has 2 fully saturated rings. The van der Waals surface area contributed by atoms with Crippen molar-refractivity contribution in [1.82, 2.24) is 10.2 Å². The van der Waals surface area contributed by atoms with Crippen LogP contribution in [0.3, 0.4) is 0 Å². The molecule has 0 bridgehead atoms. The summed E-state index contributed by atoms with van der Waals surface area (Å²) < 4.78 is 5.32. The predicted octanol–water partition coefficient (Wildman–Crippen LogP) is 2.01. The SMILES string of the molecule is COc1ccc(C(=O)N2CCCC2)cc1NC(=O)CC1CCCN1. The molecule has 0 aromatic heterocycles. The van der Waals surface area contributed by atoms with Crippen molar-refractivity contribution in [2.75, 3.05) is 32.1 Å². The van der Waals surface area contributed by atoms with Crippen molar-refractivity contribution in [2.24, 2.45) is 0 Å². The molecule has 0 spiro atoms. The zero-order chi connectivity index (χ0) is 16.9. The van der Waals surface area contributed by atoms with Gasteiger partial charge in [-0.15, -0.1) is 0 Å². The molecule has 6 heteroatoms. The van der Waals surface area contributed by atoms with E-state index in [0.717, 1.165) is 45.3 Å². The van der Waals surface area contributed by atoms with Gasteiger partial charge in [0.1, 0.15) is 5.75 Å². The van der Waals surface area contributed by atoms with Crippen molar-refractivity contribution in [3.8, 4) is 5.75 Å². The molecule has 1 aromatic carbocycles. The highest BCUT2D eigenvalue weighted by Crippen LogP contribution is 2.27. The van der Waals surface area contributed by atoms with Crippen LogP contribution in [0.5, 0.6) is 5.75 Å². The smallest absolute Gasteiger partial charge is 0.253 e. The summed E-state index contributed by atoms with van der Waals surface area (Å²) in [6.07, 6.45) is 4.69. The Bertz CT molecular complexity index is 606. The van der Waals surface area contributed by atoms with Crippen molar-refractivity contribution in [3.63, 3.8) is 0 Å². The molecule has 1 unspecified atom stereocenters. The minimum absolute atomic E-state index is 0.0168. The summed E-state index contributed by atoms with van der Waals surface area (Å²) in [5.41, 5.74) is 1.15. The van der Waals surface area contributed by atoms with E-state index in [-0.39, 0.29) is 17.9 Å². The number of methoxy groups -OCH3 is 1. The van der Waals surface area contributed by atoms with Gasteiger partial charge in [0.25, 0.3) is 5.91 Å². The van der Waals surface area contributed by atoms with E-state index in [0.29, 0.717) is 23.4 Å². The number of nitrogens with zero attached hydrogens (tertiary/aromatic N) is 1. The molecule has 6 nitrogen and oxygen atoms in total. The van der Waals surface area contributed by atoms with E-state index in [1.54, 1.807) is 25.3 Å². The quantitative estimate of drug-likeness (QED) is 0.866. The maximum Gasteiger partial charge on any atom is 0.253 e. The minimum Gasteiger partial charge on any atom is -0.495 e. The van der Waals surface area contributed by atoms with Gasteiger partial charge in [0, 0.05) is 31.1 Å². The first-order valence-corrected chi connectivity index (χ1v) is 8.68. The van der Waals surface area contributed by atoms with E-state index in [2.05, 4.69) is 10.6 Å². The van der Waals surface area contributed by atoms with E-state index in [1.165, 1.54) is 0 Å². The Hall–Kier alpha value is -2.08. The summed E-state index contributed by atoms with van der Waals surface area (Å²) in [5, 5.41) is 6.22. The van der Waals surface area contributed by atoms with Gasteiger partial charge in [-0.1, -0.05) is 0 Å². The van der Waals surface area contributed by atoms with Crippen LogP contribution in [0.15, 0.2) is 18.2 Å². The average Bonchev–Trinajstić information content (AvgIpc) is 3.27. The van der Waals surface area contributed by atoms with Crippen LogP contribution in [0, 0.1) is 0 Å². The van der Waals surface area contributed by atoms with Crippen LogP contribution in [-0.2, 0) is 4.79 Å². The number of rotatable bonds is 5. The summed E-state index contributed by atoms with van der Waals surface area (Å²) in [6, 6.07) is 5.46. The van der Waals surface area contributed by atoms with Gasteiger partial charge < -0.3 is 20.3 Å². The lowest BCUT2D eigenvalue weighted by Gasteiger charge is -2.17. The molecule has 2 saturated heterocycles. The van der Waals surface area contributed by atoms with E-state index < -0.39 is 0 Å². The Balaban J connectivity index is 1.71. The molecule has 3 rings (SSSR count). The molecule has 2 amide bonds.